The Morgan fingerprint density at radius 1 is 1.19 bits per heavy atom. The molecule has 2 bridgehead atoms. The van der Waals surface area contributed by atoms with Crippen molar-refractivity contribution in [2.75, 3.05) is 24.7 Å². The predicted octanol–water partition coefficient (Wildman–Crippen LogP) is 0.373. The van der Waals surface area contributed by atoms with Gasteiger partial charge in [0, 0.05) is 11.3 Å². The summed E-state index contributed by atoms with van der Waals surface area (Å²) in [6.07, 6.45) is 4.61. The van der Waals surface area contributed by atoms with Crippen LogP contribution in [0.1, 0.15) is 25.7 Å². The number of carbonyl (C=O) groups excluding carboxylic acids is 1. The van der Waals surface area contributed by atoms with Gasteiger partial charge in [0.25, 0.3) is 5.91 Å². The molecule has 2 heterocycles. The van der Waals surface area contributed by atoms with E-state index in [1.807, 2.05) is 0 Å². The van der Waals surface area contributed by atoms with Crippen LogP contribution in [0.3, 0.4) is 0 Å². The number of carboxylic acids is 1. The van der Waals surface area contributed by atoms with Crippen molar-refractivity contribution in [1.82, 2.24) is 4.90 Å². The smallest absolute Gasteiger partial charge is 0.329 e. The minimum Gasteiger partial charge on any atom is -0.480 e. The average Bonchev–Trinajstić information content (AvgIpc) is 3.26. The number of ether oxygens (including phenoxy) is 1. The van der Waals surface area contributed by atoms with Gasteiger partial charge in [0.15, 0.2) is 15.0 Å². The van der Waals surface area contributed by atoms with Gasteiger partial charge < -0.3 is 14.7 Å². The van der Waals surface area contributed by atoms with Crippen molar-refractivity contribution in [2.45, 2.75) is 43.0 Å². The fourth-order valence-electron chi connectivity index (χ4n) is 4.90. The van der Waals surface area contributed by atoms with Crippen LogP contribution >= 0.6 is 11.8 Å². The Kier molecular flexibility index (Phi) is 4.77. The lowest BCUT2D eigenvalue weighted by molar-refractivity contribution is -0.143. The van der Waals surface area contributed by atoms with Gasteiger partial charge in [-0.05, 0) is 31.1 Å². The zero-order chi connectivity index (χ0) is 18.5. The molecule has 0 aromatic carbocycles. The number of amidine groups is 1. The van der Waals surface area contributed by atoms with E-state index in [9.17, 15) is 18.0 Å². The SMILES string of the molecule is O=C(O)COCC(=O)N=C1SC2CS(=O)(=O)CC2N1C1CC2CCC1C2. The summed E-state index contributed by atoms with van der Waals surface area (Å²) in [5.74, 6) is -0.160. The van der Waals surface area contributed by atoms with Gasteiger partial charge in [-0.2, -0.15) is 4.99 Å². The number of carboxylic acid groups (broad SMARTS) is 1. The maximum Gasteiger partial charge on any atom is 0.329 e. The number of thioether (sulfide) groups is 1. The van der Waals surface area contributed by atoms with Gasteiger partial charge in [-0.25, -0.2) is 13.2 Å². The Hall–Kier alpha value is -1.13. The second-order valence-electron chi connectivity index (χ2n) is 7.62. The maximum atomic E-state index is 12.1. The average molecular weight is 402 g/mol. The lowest BCUT2D eigenvalue weighted by atomic mass is 9.93. The molecular formula is C16H22N2O6S2. The normalized spacial score (nSPS) is 38.8. The molecule has 0 radical (unpaired) electrons. The third-order valence-electron chi connectivity index (χ3n) is 5.84. The highest BCUT2D eigenvalue weighted by Gasteiger charge is 2.54. The molecule has 0 aromatic rings. The zero-order valence-electron chi connectivity index (χ0n) is 14.2. The Morgan fingerprint density at radius 3 is 2.65 bits per heavy atom. The van der Waals surface area contributed by atoms with Crippen molar-refractivity contribution < 1.29 is 27.9 Å². The van der Waals surface area contributed by atoms with Crippen LogP contribution in [0, 0.1) is 11.8 Å². The summed E-state index contributed by atoms with van der Waals surface area (Å²) >= 11 is 1.38. The second kappa shape index (κ2) is 6.79. The van der Waals surface area contributed by atoms with Gasteiger partial charge in [0.2, 0.25) is 0 Å². The molecule has 1 N–H and O–H groups in total. The van der Waals surface area contributed by atoms with Gasteiger partial charge in [0.1, 0.15) is 13.2 Å². The van der Waals surface area contributed by atoms with Crippen LogP contribution in [0.2, 0.25) is 0 Å². The summed E-state index contributed by atoms with van der Waals surface area (Å²) in [6, 6.07) is 0.150. The summed E-state index contributed by atoms with van der Waals surface area (Å²) in [7, 11) is -3.05. The number of rotatable bonds is 5. The van der Waals surface area contributed by atoms with Gasteiger partial charge >= 0.3 is 5.97 Å². The van der Waals surface area contributed by atoms with Crippen molar-refractivity contribution in [2.24, 2.45) is 16.8 Å². The van der Waals surface area contributed by atoms with E-state index in [1.54, 1.807) is 0 Å². The van der Waals surface area contributed by atoms with Gasteiger partial charge in [-0.1, -0.05) is 18.2 Å². The van der Waals surface area contributed by atoms with E-state index >= 15 is 0 Å². The minimum atomic E-state index is -3.05. The van der Waals surface area contributed by atoms with Crippen LogP contribution in [-0.2, 0) is 24.2 Å². The molecular weight excluding hydrogens is 380 g/mol. The summed E-state index contributed by atoms with van der Waals surface area (Å²) in [6.45, 7) is -0.919. The Bertz CT molecular complexity index is 752. The van der Waals surface area contributed by atoms with E-state index in [0.29, 0.717) is 17.0 Å². The van der Waals surface area contributed by atoms with Crippen molar-refractivity contribution in [3.63, 3.8) is 0 Å². The van der Waals surface area contributed by atoms with E-state index in [1.165, 1.54) is 24.6 Å². The summed E-state index contributed by atoms with van der Waals surface area (Å²) in [5, 5.41) is 9.09. The Balaban J connectivity index is 1.52. The Morgan fingerprint density at radius 2 is 2.00 bits per heavy atom. The molecule has 26 heavy (non-hydrogen) atoms. The molecule has 4 aliphatic rings. The lowest BCUT2D eigenvalue weighted by Crippen LogP contribution is -2.47. The van der Waals surface area contributed by atoms with Crippen LogP contribution in [0.5, 0.6) is 0 Å². The number of hydrogen-bond acceptors (Lipinski definition) is 6. The summed E-state index contributed by atoms with van der Waals surface area (Å²) < 4.78 is 29.0. The van der Waals surface area contributed by atoms with E-state index in [-0.39, 0.29) is 35.4 Å². The van der Waals surface area contributed by atoms with Crippen molar-refractivity contribution in [1.29, 1.82) is 0 Å². The van der Waals surface area contributed by atoms with E-state index in [4.69, 9.17) is 9.84 Å². The first-order chi connectivity index (χ1) is 12.3. The third-order valence-corrected chi connectivity index (χ3v) is 9.06. The fourth-order valence-corrected chi connectivity index (χ4v) is 8.89. The molecule has 4 fully saturated rings. The molecule has 2 saturated heterocycles. The molecule has 1 amide bonds. The second-order valence-corrected chi connectivity index (χ2v) is 11.0. The third kappa shape index (κ3) is 3.50. The molecule has 5 atom stereocenters. The van der Waals surface area contributed by atoms with Crippen LogP contribution in [0.15, 0.2) is 4.99 Å². The lowest BCUT2D eigenvalue weighted by Gasteiger charge is -2.36. The van der Waals surface area contributed by atoms with Gasteiger partial charge in [-0.3, -0.25) is 4.79 Å². The number of nitrogens with zero attached hydrogens (tertiary/aromatic N) is 2. The zero-order valence-corrected chi connectivity index (χ0v) is 15.9. The van der Waals surface area contributed by atoms with Crippen LogP contribution < -0.4 is 0 Å². The van der Waals surface area contributed by atoms with Crippen molar-refractivity contribution in [3.05, 3.63) is 0 Å². The molecule has 2 saturated carbocycles. The highest BCUT2D eigenvalue weighted by molar-refractivity contribution is 8.15. The van der Waals surface area contributed by atoms with Crippen LogP contribution in [0.4, 0.5) is 0 Å². The van der Waals surface area contributed by atoms with Crippen LogP contribution in [0.25, 0.3) is 0 Å². The Labute approximate surface area is 156 Å². The summed E-state index contributed by atoms with van der Waals surface area (Å²) in [5.41, 5.74) is 0. The number of aliphatic carboxylic acids is 1. The highest BCUT2D eigenvalue weighted by atomic mass is 32.2. The first-order valence-corrected chi connectivity index (χ1v) is 11.6. The largest absolute Gasteiger partial charge is 0.480 e. The monoisotopic (exact) mass is 402 g/mol. The highest BCUT2D eigenvalue weighted by Crippen LogP contribution is 2.51. The summed E-state index contributed by atoms with van der Waals surface area (Å²) in [4.78, 5) is 28.8. The van der Waals surface area contributed by atoms with Crippen molar-refractivity contribution >= 4 is 38.6 Å². The fraction of sp³-hybridized carbons (Fsp3) is 0.812. The number of carbonyl (C=O) groups is 2. The number of fused-ring (bicyclic) bond motifs is 3. The number of hydrogen-bond donors (Lipinski definition) is 1. The molecule has 5 unspecified atom stereocenters. The molecule has 0 aromatic heterocycles. The van der Waals surface area contributed by atoms with E-state index in [2.05, 4.69) is 9.89 Å². The molecule has 144 valence electrons. The van der Waals surface area contributed by atoms with Crippen LogP contribution in [-0.4, -0.2) is 77.5 Å². The molecule has 2 aliphatic carbocycles. The van der Waals surface area contributed by atoms with E-state index < -0.39 is 28.3 Å². The van der Waals surface area contributed by atoms with Gasteiger partial charge in [0.05, 0.1) is 17.5 Å². The quantitative estimate of drug-likeness (QED) is 0.702. The number of amides is 1. The minimum absolute atomic E-state index is 0.0781. The predicted molar refractivity (Wildman–Crippen MR) is 95.8 cm³/mol. The number of sulfone groups is 1. The maximum absolute atomic E-state index is 12.1. The molecule has 4 rings (SSSR count). The van der Waals surface area contributed by atoms with E-state index in [0.717, 1.165) is 12.8 Å². The molecule has 8 nitrogen and oxygen atoms in total. The standard InChI is InChI=1S/C16H22N2O6S2/c19-14(5-24-6-15(20)21)17-16-18(11-4-9-1-2-10(11)3-9)12-7-26(22,23)8-13(12)25-16/h9-13H,1-8H2,(H,20,21). The molecule has 2 aliphatic heterocycles. The first-order valence-electron chi connectivity index (χ1n) is 8.89. The number of aliphatic imine (C=N–C) groups is 1. The first kappa shape index (κ1) is 18.2. The van der Waals surface area contributed by atoms with Gasteiger partial charge in [-0.15, -0.1) is 0 Å². The molecule has 10 heteroatoms. The molecule has 0 spiro atoms. The van der Waals surface area contributed by atoms with Crippen molar-refractivity contribution in [3.8, 4) is 0 Å². The topological polar surface area (TPSA) is 113 Å².